The van der Waals surface area contributed by atoms with E-state index in [1.807, 2.05) is 43.3 Å². The summed E-state index contributed by atoms with van der Waals surface area (Å²) in [6, 6.07) is 13.0. The summed E-state index contributed by atoms with van der Waals surface area (Å²) in [7, 11) is 5.75. The molecule has 0 aliphatic carbocycles. The average Bonchev–Trinajstić information content (AvgIpc) is 2.57. The van der Waals surface area contributed by atoms with Crippen LogP contribution in [0, 0.1) is 0 Å². The van der Waals surface area contributed by atoms with Crippen molar-refractivity contribution in [1.29, 1.82) is 0 Å². The largest absolute Gasteiger partial charge is 0.481 e. The highest BCUT2D eigenvalue weighted by Gasteiger charge is 2.19. The highest BCUT2D eigenvalue weighted by Crippen LogP contribution is 2.27. The Labute approximate surface area is 158 Å². The molecule has 0 aliphatic heterocycles. The van der Waals surface area contributed by atoms with Gasteiger partial charge in [0.05, 0.1) is 10.0 Å². The van der Waals surface area contributed by atoms with Crippen LogP contribution in [-0.2, 0) is 11.3 Å². The minimum absolute atomic E-state index is 0.109. The summed E-state index contributed by atoms with van der Waals surface area (Å²) in [5.41, 5.74) is 2.18. The lowest BCUT2D eigenvalue weighted by molar-refractivity contribution is -0.137. The summed E-state index contributed by atoms with van der Waals surface area (Å²) in [5.74, 6) is 0.404. The Bertz CT molecular complexity index is 733. The maximum Gasteiger partial charge on any atom is 0.263 e. The van der Waals surface area contributed by atoms with Gasteiger partial charge in [-0.25, -0.2) is 0 Å². The number of amides is 1. The van der Waals surface area contributed by atoms with Gasteiger partial charge in [-0.2, -0.15) is 0 Å². The van der Waals surface area contributed by atoms with E-state index >= 15 is 0 Å². The summed E-state index contributed by atoms with van der Waals surface area (Å²) < 4.78 is 5.68. The fraction of sp³-hybridized carbons (Fsp3) is 0.316. The van der Waals surface area contributed by atoms with Gasteiger partial charge < -0.3 is 14.5 Å². The number of anilines is 1. The van der Waals surface area contributed by atoms with Gasteiger partial charge >= 0.3 is 0 Å². The normalized spacial score (nSPS) is 11.8. The first-order valence-corrected chi connectivity index (χ1v) is 8.66. The van der Waals surface area contributed by atoms with E-state index in [1.165, 1.54) is 0 Å². The van der Waals surface area contributed by atoms with Crippen molar-refractivity contribution in [3.63, 3.8) is 0 Å². The van der Waals surface area contributed by atoms with E-state index in [1.54, 1.807) is 37.1 Å². The van der Waals surface area contributed by atoms with Crippen LogP contribution in [0.2, 0.25) is 10.0 Å². The molecule has 1 unspecified atom stereocenters. The SMILES string of the molecule is CC(Oc1ccc(Cl)c(Cl)c1)C(=O)N(C)Cc1ccc(N(C)C)cc1. The van der Waals surface area contributed by atoms with Gasteiger partial charge in [-0.15, -0.1) is 0 Å². The molecule has 2 aromatic rings. The summed E-state index contributed by atoms with van der Waals surface area (Å²) in [4.78, 5) is 16.2. The number of halogens is 2. The minimum Gasteiger partial charge on any atom is -0.481 e. The van der Waals surface area contributed by atoms with Gasteiger partial charge in [-0.05, 0) is 36.8 Å². The summed E-state index contributed by atoms with van der Waals surface area (Å²) in [6.45, 7) is 2.23. The molecule has 0 aromatic heterocycles. The van der Waals surface area contributed by atoms with E-state index < -0.39 is 6.10 Å². The molecule has 0 heterocycles. The van der Waals surface area contributed by atoms with Gasteiger partial charge in [-0.1, -0.05) is 35.3 Å². The molecule has 25 heavy (non-hydrogen) atoms. The Morgan fingerprint density at radius 1 is 1.04 bits per heavy atom. The van der Waals surface area contributed by atoms with Crippen LogP contribution >= 0.6 is 23.2 Å². The molecule has 1 amide bonds. The van der Waals surface area contributed by atoms with Crippen LogP contribution < -0.4 is 9.64 Å². The van der Waals surface area contributed by atoms with Gasteiger partial charge in [0.15, 0.2) is 6.10 Å². The zero-order valence-electron chi connectivity index (χ0n) is 14.8. The van der Waals surface area contributed by atoms with Crippen LogP contribution in [-0.4, -0.2) is 38.1 Å². The average molecular weight is 381 g/mol. The molecule has 134 valence electrons. The van der Waals surface area contributed by atoms with Crippen molar-refractivity contribution in [1.82, 2.24) is 4.90 Å². The highest BCUT2D eigenvalue weighted by atomic mass is 35.5. The van der Waals surface area contributed by atoms with E-state index in [0.717, 1.165) is 11.3 Å². The number of hydrogen-bond donors (Lipinski definition) is 0. The van der Waals surface area contributed by atoms with Crippen LogP contribution in [0.15, 0.2) is 42.5 Å². The Morgan fingerprint density at radius 3 is 2.24 bits per heavy atom. The predicted octanol–water partition coefficient (Wildman–Crippen LogP) is 4.49. The molecular formula is C19H22Cl2N2O2. The lowest BCUT2D eigenvalue weighted by Gasteiger charge is -2.22. The lowest BCUT2D eigenvalue weighted by Crippen LogP contribution is -2.37. The maximum atomic E-state index is 12.5. The van der Waals surface area contributed by atoms with Crippen LogP contribution in [0.3, 0.4) is 0 Å². The first-order chi connectivity index (χ1) is 11.8. The van der Waals surface area contributed by atoms with Crippen molar-refractivity contribution in [3.05, 3.63) is 58.1 Å². The summed E-state index contributed by atoms with van der Waals surface area (Å²) >= 11 is 11.9. The maximum absolute atomic E-state index is 12.5. The fourth-order valence-corrected chi connectivity index (χ4v) is 2.65. The molecule has 0 saturated heterocycles. The lowest BCUT2D eigenvalue weighted by atomic mass is 10.2. The number of hydrogen-bond acceptors (Lipinski definition) is 3. The van der Waals surface area contributed by atoms with E-state index in [0.29, 0.717) is 22.3 Å². The molecule has 0 spiro atoms. The van der Waals surface area contributed by atoms with Crippen LogP contribution in [0.5, 0.6) is 5.75 Å². The third kappa shape index (κ3) is 5.28. The molecule has 4 nitrogen and oxygen atoms in total. The zero-order valence-corrected chi connectivity index (χ0v) is 16.3. The molecule has 2 rings (SSSR count). The second kappa shape index (κ2) is 8.45. The van der Waals surface area contributed by atoms with Crippen molar-refractivity contribution in [2.75, 3.05) is 26.0 Å². The van der Waals surface area contributed by atoms with Gasteiger partial charge in [0.25, 0.3) is 5.91 Å². The number of carbonyl (C=O) groups excluding carboxylic acids is 1. The predicted molar refractivity (Wildman–Crippen MR) is 104 cm³/mol. The summed E-state index contributed by atoms with van der Waals surface area (Å²) in [5, 5.41) is 0.847. The first kappa shape index (κ1) is 19.4. The number of likely N-dealkylation sites (N-methyl/N-ethyl adjacent to an activating group) is 1. The molecule has 1 atom stereocenters. The molecule has 0 radical (unpaired) electrons. The first-order valence-electron chi connectivity index (χ1n) is 7.91. The number of benzene rings is 2. The van der Waals surface area contributed by atoms with Gasteiger partial charge in [0.1, 0.15) is 5.75 Å². The van der Waals surface area contributed by atoms with E-state index in [2.05, 4.69) is 0 Å². The van der Waals surface area contributed by atoms with Crippen molar-refractivity contribution >= 4 is 34.8 Å². The third-order valence-electron chi connectivity index (χ3n) is 3.80. The minimum atomic E-state index is -0.622. The van der Waals surface area contributed by atoms with Crippen molar-refractivity contribution in [3.8, 4) is 5.75 Å². The number of nitrogens with zero attached hydrogens (tertiary/aromatic N) is 2. The molecular weight excluding hydrogens is 359 g/mol. The molecule has 6 heteroatoms. The number of rotatable bonds is 6. The molecule has 0 N–H and O–H groups in total. The molecule has 2 aromatic carbocycles. The van der Waals surface area contributed by atoms with Crippen LogP contribution in [0.25, 0.3) is 0 Å². The van der Waals surface area contributed by atoms with Gasteiger partial charge in [0, 0.05) is 39.4 Å². The topological polar surface area (TPSA) is 32.8 Å². The van der Waals surface area contributed by atoms with Crippen molar-refractivity contribution in [2.24, 2.45) is 0 Å². The molecule has 0 bridgehead atoms. The Morgan fingerprint density at radius 2 is 1.68 bits per heavy atom. The zero-order chi connectivity index (χ0) is 18.6. The second-order valence-corrected chi connectivity index (χ2v) is 6.91. The number of carbonyl (C=O) groups is 1. The summed E-state index contributed by atoms with van der Waals surface area (Å²) in [6.07, 6.45) is -0.622. The monoisotopic (exact) mass is 380 g/mol. The Balaban J connectivity index is 1.97. The smallest absolute Gasteiger partial charge is 0.263 e. The van der Waals surface area contributed by atoms with Gasteiger partial charge in [-0.3, -0.25) is 4.79 Å². The van der Waals surface area contributed by atoms with E-state index in [4.69, 9.17) is 27.9 Å². The van der Waals surface area contributed by atoms with E-state index in [-0.39, 0.29) is 5.91 Å². The standard InChI is InChI=1S/C19H22Cl2N2O2/c1-13(25-16-9-10-17(20)18(21)11-16)19(24)23(4)12-14-5-7-15(8-6-14)22(2)3/h5-11,13H,12H2,1-4H3. The second-order valence-electron chi connectivity index (χ2n) is 6.09. The van der Waals surface area contributed by atoms with E-state index in [9.17, 15) is 4.79 Å². The molecule has 0 aliphatic rings. The highest BCUT2D eigenvalue weighted by molar-refractivity contribution is 6.42. The van der Waals surface area contributed by atoms with Crippen LogP contribution in [0.4, 0.5) is 5.69 Å². The van der Waals surface area contributed by atoms with Crippen molar-refractivity contribution in [2.45, 2.75) is 19.6 Å². The fourth-order valence-electron chi connectivity index (χ4n) is 2.37. The molecule has 0 saturated carbocycles. The quantitative estimate of drug-likeness (QED) is 0.740. The molecule has 0 fully saturated rings. The van der Waals surface area contributed by atoms with Gasteiger partial charge in [0.2, 0.25) is 0 Å². The number of ether oxygens (including phenoxy) is 1. The van der Waals surface area contributed by atoms with Crippen LogP contribution in [0.1, 0.15) is 12.5 Å². The third-order valence-corrected chi connectivity index (χ3v) is 4.54. The van der Waals surface area contributed by atoms with Crippen molar-refractivity contribution < 1.29 is 9.53 Å². The Kier molecular flexibility index (Phi) is 6.57. The Hall–Kier alpha value is -1.91.